The molecule has 1 amide bonds. The van der Waals surface area contributed by atoms with Crippen LogP contribution in [0.1, 0.15) is 18.4 Å². The molecule has 0 fully saturated rings. The molecule has 0 atom stereocenters. The van der Waals surface area contributed by atoms with Gasteiger partial charge in [0.2, 0.25) is 5.91 Å². The number of halogens is 2. The molecule has 0 radical (unpaired) electrons. The van der Waals surface area contributed by atoms with Gasteiger partial charge < -0.3 is 10.1 Å². The molecule has 0 spiro atoms. The molecule has 0 saturated heterocycles. The van der Waals surface area contributed by atoms with Crippen LogP contribution in [0.25, 0.3) is 0 Å². The van der Waals surface area contributed by atoms with Crippen molar-refractivity contribution in [3.05, 3.63) is 58.9 Å². The quantitative estimate of drug-likeness (QED) is 0.790. The van der Waals surface area contributed by atoms with Gasteiger partial charge in [0.25, 0.3) is 0 Å². The molecule has 0 heterocycles. The monoisotopic (exact) mass is 321 g/mol. The Kier molecular flexibility index (Phi) is 5.78. The van der Waals surface area contributed by atoms with E-state index in [4.69, 9.17) is 16.3 Å². The Labute approximate surface area is 134 Å². The Balaban J connectivity index is 1.74. The number of anilines is 1. The number of rotatable bonds is 6. The minimum atomic E-state index is -0.545. The first-order chi connectivity index (χ1) is 10.5. The number of benzene rings is 2. The van der Waals surface area contributed by atoms with Crippen LogP contribution in [-0.4, -0.2) is 12.5 Å². The van der Waals surface area contributed by atoms with Crippen LogP contribution < -0.4 is 10.1 Å². The molecular weight excluding hydrogens is 305 g/mol. The highest BCUT2D eigenvalue weighted by molar-refractivity contribution is 6.30. The van der Waals surface area contributed by atoms with Gasteiger partial charge in [0.05, 0.1) is 12.3 Å². The average Bonchev–Trinajstić information content (AvgIpc) is 2.47. The molecule has 0 saturated carbocycles. The number of ether oxygens (including phenoxy) is 1. The van der Waals surface area contributed by atoms with Crippen molar-refractivity contribution >= 4 is 23.2 Å². The summed E-state index contributed by atoms with van der Waals surface area (Å²) in [5.74, 6) is -0.0184. The minimum Gasteiger partial charge on any atom is -0.494 e. The van der Waals surface area contributed by atoms with Gasteiger partial charge in [-0.05, 0) is 49.2 Å². The van der Waals surface area contributed by atoms with Crippen LogP contribution in [-0.2, 0) is 4.79 Å². The molecule has 0 aliphatic rings. The molecule has 2 aromatic rings. The number of carbonyl (C=O) groups excluding carboxylic acids is 1. The third-order valence-electron chi connectivity index (χ3n) is 3.01. The maximum absolute atomic E-state index is 13.5. The Morgan fingerprint density at radius 3 is 2.82 bits per heavy atom. The topological polar surface area (TPSA) is 38.3 Å². The summed E-state index contributed by atoms with van der Waals surface area (Å²) in [5, 5.41) is 2.81. The lowest BCUT2D eigenvalue weighted by Gasteiger charge is -2.08. The number of amides is 1. The predicted octanol–water partition coefficient (Wildman–Crippen LogP) is 4.59. The molecule has 2 rings (SSSR count). The summed E-state index contributed by atoms with van der Waals surface area (Å²) >= 11 is 5.66. The largest absolute Gasteiger partial charge is 0.494 e. The molecule has 1 N–H and O–H groups in total. The summed E-state index contributed by atoms with van der Waals surface area (Å²) in [4.78, 5) is 11.7. The first-order valence-corrected chi connectivity index (χ1v) is 7.37. The van der Waals surface area contributed by atoms with E-state index in [0.29, 0.717) is 18.1 Å². The van der Waals surface area contributed by atoms with Crippen molar-refractivity contribution in [1.29, 1.82) is 0 Å². The fourth-order valence-corrected chi connectivity index (χ4v) is 2.09. The predicted molar refractivity (Wildman–Crippen MR) is 85.9 cm³/mol. The van der Waals surface area contributed by atoms with Crippen LogP contribution in [0.5, 0.6) is 5.75 Å². The molecule has 22 heavy (non-hydrogen) atoms. The number of hydrogen-bond acceptors (Lipinski definition) is 2. The zero-order valence-electron chi connectivity index (χ0n) is 12.2. The lowest BCUT2D eigenvalue weighted by molar-refractivity contribution is -0.116. The molecule has 0 bridgehead atoms. The van der Waals surface area contributed by atoms with Crippen molar-refractivity contribution in [2.24, 2.45) is 0 Å². The van der Waals surface area contributed by atoms with Crippen molar-refractivity contribution in [1.82, 2.24) is 0 Å². The Bertz CT molecular complexity index is 661. The van der Waals surface area contributed by atoms with Gasteiger partial charge in [-0.3, -0.25) is 4.79 Å². The highest BCUT2D eigenvalue weighted by Crippen LogP contribution is 2.19. The molecule has 5 heteroatoms. The standard InChI is InChI=1S/C17H17ClFNO2/c1-12-4-2-5-14(10-12)22-9-3-6-17(21)20-16-8-7-13(18)11-15(16)19/h2,4-5,7-8,10-11H,3,6,9H2,1H3,(H,20,21). The lowest BCUT2D eigenvalue weighted by Crippen LogP contribution is -2.13. The Morgan fingerprint density at radius 1 is 1.27 bits per heavy atom. The van der Waals surface area contributed by atoms with Crippen molar-refractivity contribution in [2.45, 2.75) is 19.8 Å². The molecular formula is C17H17ClFNO2. The van der Waals surface area contributed by atoms with Crippen LogP contribution in [0.15, 0.2) is 42.5 Å². The van der Waals surface area contributed by atoms with Gasteiger partial charge in [0.15, 0.2) is 0 Å². The SMILES string of the molecule is Cc1cccc(OCCCC(=O)Nc2ccc(Cl)cc2F)c1. The Hall–Kier alpha value is -2.07. The van der Waals surface area contributed by atoms with E-state index in [-0.39, 0.29) is 18.0 Å². The second-order valence-corrected chi connectivity index (χ2v) is 5.38. The van der Waals surface area contributed by atoms with Crippen LogP contribution in [0, 0.1) is 12.7 Å². The van der Waals surface area contributed by atoms with Crippen LogP contribution in [0.4, 0.5) is 10.1 Å². The number of hydrogen-bond donors (Lipinski definition) is 1. The van der Waals surface area contributed by atoms with Crippen molar-refractivity contribution < 1.29 is 13.9 Å². The van der Waals surface area contributed by atoms with Crippen LogP contribution in [0.2, 0.25) is 5.02 Å². The fraction of sp³-hybridized carbons (Fsp3) is 0.235. The summed E-state index contributed by atoms with van der Waals surface area (Å²) in [6.07, 6.45) is 0.808. The number of nitrogens with one attached hydrogen (secondary N) is 1. The molecule has 116 valence electrons. The van der Waals surface area contributed by atoms with Crippen molar-refractivity contribution in [3.8, 4) is 5.75 Å². The highest BCUT2D eigenvalue weighted by atomic mass is 35.5. The zero-order chi connectivity index (χ0) is 15.9. The van der Waals surface area contributed by atoms with E-state index >= 15 is 0 Å². The van der Waals surface area contributed by atoms with Gasteiger partial charge >= 0.3 is 0 Å². The number of aryl methyl sites for hydroxylation is 1. The second kappa shape index (κ2) is 7.80. The first-order valence-electron chi connectivity index (χ1n) is 6.99. The van der Waals surface area contributed by atoms with Gasteiger partial charge in [-0.2, -0.15) is 0 Å². The lowest BCUT2D eigenvalue weighted by atomic mass is 10.2. The molecule has 2 aromatic carbocycles. The maximum Gasteiger partial charge on any atom is 0.224 e. The van der Waals surface area contributed by atoms with E-state index in [0.717, 1.165) is 17.4 Å². The molecule has 0 unspecified atom stereocenters. The molecule has 0 aliphatic carbocycles. The maximum atomic E-state index is 13.5. The van der Waals surface area contributed by atoms with E-state index in [2.05, 4.69) is 5.32 Å². The highest BCUT2D eigenvalue weighted by Gasteiger charge is 2.07. The van der Waals surface area contributed by atoms with E-state index in [1.807, 2.05) is 31.2 Å². The normalized spacial score (nSPS) is 10.3. The summed E-state index contributed by atoms with van der Waals surface area (Å²) in [7, 11) is 0. The average molecular weight is 322 g/mol. The smallest absolute Gasteiger partial charge is 0.224 e. The third kappa shape index (κ3) is 5.04. The van der Waals surface area contributed by atoms with Gasteiger partial charge in [-0.15, -0.1) is 0 Å². The van der Waals surface area contributed by atoms with E-state index in [1.165, 1.54) is 12.1 Å². The summed E-state index contributed by atoms with van der Waals surface area (Å²) in [6, 6.07) is 11.8. The molecule has 0 aromatic heterocycles. The van der Waals surface area contributed by atoms with E-state index in [9.17, 15) is 9.18 Å². The number of carbonyl (C=O) groups is 1. The first kappa shape index (κ1) is 16.3. The summed E-state index contributed by atoms with van der Waals surface area (Å²) in [5.41, 5.74) is 1.25. The fourth-order valence-electron chi connectivity index (χ4n) is 1.93. The van der Waals surface area contributed by atoms with Gasteiger partial charge in [0, 0.05) is 11.4 Å². The molecule has 3 nitrogen and oxygen atoms in total. The Morgan fingerprint density at radius 2 is 2.09 bits per heavy atom. The van der Waals surface area contributed by atoms with Crippen molar-refractivity contribution in [2.75, 3.05) is 11.9 Å². The summed E-state index contributed by atoms with van der Waals surface area (Å²) < 4.78 is 19.1. The van der Waals surface area contributed by atoms with Gasteiger partial charge in [-0.1, -0.05) is 23.7 Å². The van der Waals surface area contributed by atoms with E-state index in [1.54, 1.807) is 0 Å². The molecule has 0 aliphatic heterocycles. The van der Waals surface area contributed by atoms with Gasteiger partial charge in [-0.25, -0.2) is 4.39 Å². The summed E-state index contributed by atoms with van der Waals surface area (Å²) in [6.45, 7) is 2.42. The third-order valence-corrected chi connectivity index (χ3v) is 3.25. The van der Waals surface area contributed by atoms with E-state index < -0.39 is 5.82 Å². The van der Waals surface area contributed by atoms with Crippen molar-refractivity contribution in [3.63, 3.8) is 0 Å². The zero-order valence-corrected chi connectivity index (χ0v) is 13.0. The van der Waals surface area contributed by atoms with Crippen LogP contribution in [0.3, 0.4) is 0 Å². The van der Waals surface area contributed by atoms with Crippen LogP contribution >= 0.6 is 11.6 Å². The second-order valence-electron chi connectivity index (χ2n) is 4.94. The van der Waals surface area contributed by atoms with Gasteiger partial charge in [0.1, 0.15) is 11.6 Å². The minimum absolute atomic E-state index is 0.133.